The van der Waals surface area contributed by atoms with E-state index in [1.165, 1.54) is 32.1 Å². The Morgan fingerprint density at radius 3 is 2.65 bits per heavy atom. The van der Waals surface area contributed by atoms with Crippen molar-refractivity contribution in [1.82, 2.24) is 10.7 Å². The predicted molar refractivity (Wildman–Crippen MR) is 95.4 cm³/mol. The molecule has 6 heteroatoms. The maximum Gasteiger partial charge on any atom is 0.187 e. The molecule has 1 aliphatic heterocycles. The molecule has 2 aliphatic rings. The molecule has 2 N–H and O–H groups in total. The van der Waals surface area contributed by atoms with E-state index in [-0.39, 0.29) is 0 Å². The Kier molecular flexibility index (Phi) is 5.33. The second kappa shape index (κ2) is 7.64. The van der Waals surface area contributed by atoms with Gasteiger partial charge in [-0.15, -0.1) is 0 Å². The highest BCUT2D eigenvalue weighted by Crippen LogP contribution is 2.30. The average molecular weight is 333 g/mol. The zero-order valence-electron chi connectivity index (χ0n) is 13.4. The molecular formula is C17H23N3O2S. The quantitative estimate of drug-likeness (QED) is 0.506. The molecule has 0 aromatic heterocycles. The van der Waals surface area contributed by atoms with Gasteiger partial charge in [-0.2, -0.15) is 5.10 Å². The van der Waals surface area contributed by atoms with Crippen molar-refractivity contribution < 1.29 is 9.47 Å². The van der Waals surface area contributed by atoms with Crippen molar-refractivity contribution in [2.45, 2.75) is 45.1 Å². The van der Waals surface area contributed by atoms with E-state index in [0.717, 1.165) is 22.8 Å². The van der Waals surface area contributed by atoms with Crippen LogP contribution in [0.4, 0.5) is 0 Å². The van der Waals surface area contributed by atoms with Crippen molar-refractivity contribution in [3.8, 4) is 11.5 Å². The van der Waals surface area contributed by atoms with Crippen LogP contribution in [-0.4, -0.2) is 30.1 Å². The predicted octanol–water partition coefficient (Wildman–Crippen LogP) is 2.98. The minimum atomic E-state index is 0.480. The van der Waals surface area contributed by atoms with Crippen LogP contribution in [0.2, 0.25) is 0 Å². The van der Waals surface area contributed by atoms with E-state index in [2.05, 4.69) is 15.8 Å². The van der Waals surface area contributed by atoms with E-state index in [1.807, 2.05) is 25.1 Å². The highest BCUT2D eigenvalue weighted by molar-refractivity contribution is 7.80. The fraction of sp³-hybridized carbons (Fsp3) is 0.529. The summed E-state index contributed by atoms with van der Waals surface area (Å²) in [6.45, 7) is 3.13. The van der Waals surface area contributed by atoms with E-state index in [0.29, 0.717) is 24.4 Å². The number of benzene rings is 1. The molecule has 0 spiro atoms. The summed E-state index contributed by atoms with van der Waals surface area (Å²) in [6.07, 6.45) is 6.26. The molecule has 0 amide bonds. The molecule has 0 radical (unpaired) electrons. The van der Waals surface area contributed by atoms with Crippen LogP contribution < -0.4 is 20.2 Å². The topological polar surface area (TPSA) is 54.9 Å². The zero-order valence-corrected chi connectivity index (χ0v) is 14.2. The van der Waals surface area contributed by atoms with Gasteiger partial charge in [0.05, 0.1) is 5.71 Å². The number of nitrogens with one attached hydrogen (secondary N) is 2. The van der Waals surface area contributed by atoms with Crippen molar-refractivity contribution in [1.29, 1.82) is 0 Å². The van der Waals surface area contributed by atoms with Gasteiger partial charge >= 0.3 is 0 Å². The monoisotopic (exact) mass is 333 g/mol. The number of thiocarbonyl (C=S) groups is 1. The van der Waals surface area contributed by atoms with Crippen LogP contribution in [0.5, 0.6) is 11.5 Å². The zero-order chi connectivity index (χ0) is 16.1. The maximum atomic E-state index is 5.60. The lowest BCUT2D eigenvalue weighted by molar-refractivity contribution is 0.171. The van der Waals surface area contributed by atoms with Crippen molar-refractivity contribution in [2.75, 3.05) is 13.2 Å². The summed E-state index contributed by atoms with van der Waals surface area (Å²) in [4.78, 5) is 0. The van der Waals surface area contributed by atoms with E-state index in [9.17, 15) is 0 Å². The van der Waals surface area contributed by atoms with Crippen LogP contribution >= 0.6 is 12.2 Å². The molecule has 1 aliphatic carbocycles. The largest absolute Gasteiger partial charge is 0.486 e. The number of fused-ring (bicyclic) bond motifs is 1. The third-order valence-corrected chi connectivity index (χ3v) is 4.43. The number of rotatable bonds is 3. The van der Waals surface area contributed by atoms with E-state index < -0.39 is 0 Å². The van der Waals surface area contributed by atoms with Gasteiger partial charge < -0.3 is 14.8 Å². The normalized spacial score (nSPS) is 18.4. The summed E-state index contributed by atoms with van der Waals surface area (Å²) in [6, 6.07) is 6.33. The summed E-state index contributed by atoms with van der Waals surface area (Å²) in [5, 5.41) is 8.31. The third kappa shape index (κ3) is 4.34. The molecule has 124 valence electrons. The molecule has 0 atom stereocenters. The van der Waals surface area contributed by atoms with Gasteiger partial charge in [-0.3, -0.25) is 5.43 Å². The Morgan fingerprint density at radius 2 is 1.87 bits per heavy atom. The highest BCUT2D eigenvalue weighted by atomic mass is 32.1. The van der Waals surface area contributed by atoms with Crippen LogP contribution in [0.3, 0.4) is 0 Å². The molecule has 0 unspecified atom stereocenters. The van der Waals surface area contributed by atoms with Crippen LogP contribution in [-0.2, 0) is 0 Å². The SMILES string of the molecule is CC(=NNC(=S)NC1CCCCC1)c1ccc2c(c1)OCCO2. The molecular weight excluding hydrogens is 310 g/mol. The Labute approximate surface area is 142 Å². The van der Waals surface area contributed by atoms with Crippen LogP contribution in [0.1, 0.15) is 44.6 Å². The van der Waals surface area contributed by atoms with Crippen molar-refractivity contribution in [3.63, 3.8) is 0 Å². The fourth-order valence-corrected chi connectivity index (χ4v) is 3.14. The van der Waals surface area contributed by atoms with E-state index in [4.69, 9.17) is 21.7 Å². The Balaban J connectivity index is 1.57. The minimum absolute atomic E-state index is 0.480. The lowest BCUT2D eigenvalue weighted by Gasteiger charge is -2.23. The van der Waals surface area contributed by atoms with Crippen LogP contribution in [0.25, 0.3) is 0 Å². The van der Waals surface area contributed by atoms with Crippen LogP contribution in [0.15, 0.2) is 23.3 Å². The van der Waals surface area contributed by atoms with Gasteiger partial charge in [-0.1, -0.05) is 19.3 Å². The van der Waals surface area contributed by atoms with Crippen molar-refractivity contribution in [3.05, 3.63) is 23.8 Å². The first kappa shape index (κ1) is 16.1. The first-order valence-corrected chi connectivity index (χ1v) is 8.64. The summed E-state index contributed by atoms with van der Waals surface area (Å²) >= 11 is 5.33. The summed E-state index contributed by atoms with van der Waals surface area (Å²) in [7, 11) is 0. The highest BCUT2D eigenvalue weighted by Gasteiger charge is 2.14. The molecule has 1 aromatic carbocycles. The molecule has 1 fully saturated rings. The van der Waals surface area contributed by atoms with E-state index in [1.54, 1.807) is 0 Å². The van der Waals surface area contributed by atoms with Gasteiger partial charge in [0.1, 0.15) is 13.2 Å². The number of hydrogen-bond donors (Lipinski definition) is 2. The lowest BCUT2D eigenvalue weighted by atomic mass is 9.96. The Bertz CT molecular complexity index is 598. The van der Waals surface area contributed by atoms with Gasteiger partial charge in [0.25, 0.3) is 0 Å². The molecule has 23 heavy (non-hydrogen) atoms. The number of hydrogen-bond acceptors (Lipinski definition) is 4. The fourth-order valence-electron chi connectivity index (χ4n) is 2.93. The number of ether oxygens (including phenoxy) is 2. The van der Waals surface area contributed by atoms with Gasteiger partial charge in [0, 0.05) is 11.6 Å². The minimum Gasteiger partial charge on any atom is -0.486 e. The molecule has 0 saturated heterocycles. The molecule has 1 aromatic rings. The van der Waals surface area contributed by atoms with Crippen molar-refractivity contribution >= 4 is 23.0 Å². The maximum absolute atomic E-state index is 5.60. The second-order valence-electron chi connectivity index (χ2n) is 5.98. The van der Waals surface area contributed by atoms with E-state index >= 15 is 0 Å². The summed E-state index contributed by atoms with van der Waals surface area (Å²) in [5.74, 6) is 1.56. The first-order chi connectivity index (χ1) is 11.2. The molecule has 1 heterocycles. The molecule has 1 saturated carbocycles. The average Bonchev–Trinajstić information content (AvgIpc) is 2.60. The van der Waals surface area contributed by atoms with Crippen LogP contribution in [0, 0.1) is 0 Å². The summed E-state index contributed by atoms with van der Waals surface area (Å²) in [5.41, 5.74) is 4.79. The Morgan fingerprint density at radius 1 is 1.13 bits per heavy atom. The summed E-state index contributed by atoms with van der Waals surface area (Å²) < 4.78 is 11.1. The molecule has 3 rings (SSSR count). The van der Waals surface area contributed by atoms with Gasteiger partial charge in [-0.25, -0.2) is 0 Å². The second-order valence-corrected chi connectivity index (χ2v) is 6.38. The van der Waals surface area contributed by atoms with Crippen molar-refractivity contribution in [2.24, 2.45) is 5.10 Å². The van der Waals surface area contributed by atoms with Gasteiger partial charge in [0.15, 0.2) is 16.6 Å². The van der Waals surface area contributed by atoms with Gasteiger partial charge in [-0.05, 0) is 50.2 Å². The van der Waals surface area contributed by atoms with Gasteiger partial charge in [0.2, 0.25) is 0 Å². The third-order valence-electron chi connectivity index (χ3n) is 4.23. The smallest absolute Gasteiger partial charge is 0.187 e. The number of nitrogens with zero attached hydrogens (tertiary/aromatic N) is 1. The Hall–Kier alpha value is -1.82. The molecule has 5 nitrogen and oxygen atoms in total. The molecule has 0 bridgehead atoms. The number of hydrazone groups is 1. The first-order valence-electron chi connectivity index (χ1n) is 8.23. The lowest BCUT2D eigenvalue weighted by Crippen LogP contribution is -2.41. The standard InChI is InChI=1S/C17H23N3O2S/c1-12(13-7-8-15-16(11-13)22-10-9-21-15)19-20-17(23)18-14-5-3-2-4-6-14/h7-8,11,14H,2-6,9-10H2,1H3,(H2,18,20,23).